The first-order valence-electron chi connectivity index (χ1n) is 2.80. The maximum absolute atomic E-state index is 11.5. The molecule has 1 atom stereocenters. The van der Waals surface area contributed by atoms with Gasteiger partial charge in [0.05, 0.1) is 0 Å². The van der Waals surface area contributed by atoms with Crippen LogP contribution in [0.2, 0.25) is 0 Å². The summed E-state index contributed by atoms with van der Waals surface area (Å²) in [5.41, 5.74) is 5.00. The van der Waals surface area contributed by atoms with E-state index in [1.165, 1.54) is 6.92 Å². The average molecular weight is 187 g/mol. The van der Waals surface area contributed by atoms with E-state index in [4.69, 9.17) is 5.73 Å². The van der Waals surface area contributed by atoms with Crippen LogP contribution in [0.1, 0.15) is 6.92 Å². The lowest BCUT2D eigenvalue weighted by Gasteiger charge is -2.12. The molecule has 0 aromatic heterocycles. The summed E-state index contributed by atoms with van der Waals surface area (Å²) in [7, 11) is 0. The van der Waals surface area contributed by atoms with Crippen LogP contribution in [0, 0.1) is 0 Å². The number of hydrogen-bond donors (Lipinski definition) is 1. The fraction of sp³-hybridized carbons (Fsp3) is 0.800. The Hall–Kier alpha value is -0.360. The molecule has 0 aliphatic carbocycles. The Morgan fingerprint density at radius 2 is 2.09 bits per heavy atom. The second kappa shape index (κ2) is 3.87. The highest BCUT2D eigenvalue weighted by Gasteiger charge is 2.28. The van der Waals surface area contributed by atoms with Gasteiger partial charge in [0, 0.05) is 0 Å². The maximum Gasteiger partial charge on any atom is 0.411 e. The van der Waals surface area contributed by atoms with Crippen LogP contribution in [0.5, 0.6) is 0 Å². The van der Waals surface area contributed by atoms with Crippen molar-refractivity contribution in [3.8, 4) is 0 Å². The fourth-order valence-corrected chi connectivity index (χ4v) is 0.370. The Labute approximate surface area is 67.5 Å². The molecule has 0 rings (SSSR count). The van der Waals surface area contributed by atoms with E-state index in [2.05, 4.69) is 17.0 Å². The number of thiocarbonyl (C=S) groups is 1. The lowest BCUT2D eigenvalue weighted by atomic mass is 10.4. The Bertz CT molecular complexity index is 147. The molecule has 0 aliphatic rings. The molecule has 0 aliphatic heterocycles. The average Bonchev–Trinajstić information content (AvgIpc) is 1.80. The molecule has 0 bridgehead atoms. The third kappa shape index (κ3) is 6.05. The smallest absolute Gasteiger partial charge is 0.391 e. The van der Waals surface area contributed by atoms with E-state index in [0.717, 1.165) is 0 Å². The zero-order valence-electron chi connectivity index (χ0n) is 5.81. The summed E-state index contributed by atoms with van der Waals surface area (Å²) in [6.07, 6.45) is -5.15. The van der Waals surface area contributed by atoms with Gasteiger partial charge in [-0.15, -0.1) is 0 Å². The van der Waals surface area contributed by atoms with Crippen molar-refractivity contribution in [2.24, 2.45) is 5.73 Å². The molecular formula is C5H8F3NOS. The minimum absolute atomic E-state index is 0.0748. The van der Waals surface area contributed by atoms with Crippen LogP contribution in [-0.4, -0.2) is 23.9 Å². The quantitative estimate of drug-likeness (QED) is 0.675. The Kier molecular flexibility index (Phi) is 3.74. The number of rotatable bonds is 3. The van der Waals surface area contributed by atoms with Crippen LogP contribution in [-0.2, 0) is 4.74 Å². The van der Waals surface area contributed by atoms with E-state index in [9.17, 15) is 13.2 Å². The summed E-state index contributed by atoms with van der Waals surface area (Å²) in [4.78, 5) is -0.0748. The van der Waals surface area contributed by atoms with Gasteiger partial charge < -0.3 is 10.5 Å². The summed E-state index contributed by atoms with van der Waals surface area (Å²) < 4.78 is 38.7. The number of nitrogens with two attached hydrogens (primary N) is 1. The summed E-state index contributed by atoms with van der Waals surface area (Å²) in [6.45, 7) is 0.0551. The minimum atomic E-state index is -4.32. The van der Waals surface area contributed by atoms with Crippen molar-refractivity contribution in [2.75, 3.05) is 6.61 Å². The van der Waals surface area contributed by atoms with Gasteiger partial charge in [-0.05, 0) is 6.92 Å². The molecular weight excluding hydrogens is 179 g/mol. The molecule has 2 nitrogen and oxygen atoms in total. The molecule has 0 spiro atoms. The first-order chi connectivity index (χ1) is 4.83. The molecule has 2 N–H and O–H groups in total. The van der Waals surface area contributed by atoms with Crippen LogP contribution in [0.3, 0.4) is 0 Å². The number of hydrogen-bond acceptors (Lipinski definition) is 2. The number of halogens is 3. The second-order valence-corrected chi connectivity index (χ2v) is 2.44. The normalized spacial score (nSPS) is 14.5. The largest absolute Gasteiger partial charge is 0.411 e. The van der Waals surface area contributed by atoms with Crippen LogP contribution in [0.15, 0.2) is 0 Å². The lowest BCUT2D eigenvalue weighted by Crippen LogP contribution is -2.30. The molecule has 0 aromatic carbocycles. The van der Waals surface area contributed by atoms with Crippen molar-refractivity contribution in [3.05, 3.63) is 0 Å². The van der Waals surface area contributed by atoms with Gasteiger partial charge >= 0.3 is 6.18 Å². The Morgan fingerprint density at radius 1 is 1.64 bits per heavy atom. The van der Waals surface area contributed by atoms with Crippen molar-refractivity contribution in [3.63, 3.8) is 0 Å². The van der Waals surface area contributed by atoms with Gasteiger partial charge in [0.1, 0.15) is 17.7 Å². The van der Waals surface area contributed by atoms with E-state index in [-0.39, 0.29) is 4.99 Å². The topological polar surface area (TPSA) is 35.2 Å². The van der Waals surface area contributed by atoms with Crippen molar-refractivity contribution in [1.82, 2.24) is 0 Å². The summed E-state index contributed by atoms with van der Waals surface area (Å²) in [6, 6.07) is 0. The number of ether oxygens (including phenoxy) is 1. The lowest BCUT2D eigenvalue weighted by molar-refractivity contribution is -0.177. The van der Waals surface area contributed by atoms with Gasteiger partial charge in [-0.25, -0.2) is 0 Å². The molecule has 66 valence electrons. The molecule has 11 heavy (non-hydrogen) atoms. The summed E-state index contributed by atoms with van der Waals surface area (Å²) >= 11 is 4.39. The van der Waals surface area contributed by atoms with Gasteiger partial charge in [0.15, 0.2) is 0 Å². The van der Waals surface area contributed by atoms with E-state index in [1.54, 1.807) is 0 Å². The van der Waals surface area contributed by atoms with Gasteiger partial charge in [-0.2, -0.15) is 13.2 Å². The highest BCUT2D eigenvalue weighted by Crippen LogP contribution is 2.15. The molecule has 0 radical (unpaired) electrons. The maximum atomic E-state index is 11.5. The SMILES string of the molecule is CC(OCC(F)(F)F)C(N)=S. The van der Waals surface area contributed by atoms with Gasteiger partial charge in [0.2, 0.25) is 0 Å². The molecule has 0 aromatic rings. The molecule has 0 fully saturated rings. The first kappa shape index (κ1) is 10.6. The van der Waals surface area contributed by atoms with E-state index >= 15 is 0 Å². The number of alkyl halides is 3. The summed E-state index contributed by atoms with van der Waals surface area (Å²) in [5.74, 6) is 0. The van der Waals surface area contributed by atoms with Gasteiger partial charge in [0.25, 0.3) is 0 Å². The summed E-state index contributed by atoms with van der Waals surface area (Å²) in [5, 5.41) is 0. The van der Waals surface area contributed by atoms with E-state index in [1.807, 2.05) is 0 Å². The minimum Gasteiger partial charge on any atom is -0.391 e. The third-order valence-electron chi connectivity index (χ3n) is 0.898. The van der Waals surface area contributed by atoms with E-state index in [0.29, 0.717) is 0 Å². The first-order valence-corrected chi connectivity index (χ1v) is 3.21. The van der Waals surface area contributed by atoms with Gasteiger partial charge in [-0.1, -0.05) is 12.2 Å². The third-order valence-corrected chi connectivity index (χ3v) is 1.23. The van der Waals surface area contributed by atoms with Crippen LogP contribution >= 0.6 is 12.2 Å². The highest BCUT2D eigenvalue weighted by atomic mass is 32.1. The zero-order valence-corrected chi connectivity index (χ0v) is 6.63. The van der Waals surface area contributed by atoms with Crippen LogP contribution < -0.4 is 5.73 Å². The van der Waals surface area contributed by atoms with Crippen LogP contribution in [0.4, 0.5) is 13.2 Å². The predicted octanol–water partition coefficient (Wildman–Crippen LogP) is 1.24. The molecule has 6 heteroatoms. The zero-order chi connectivity index (χ0) is 9.07. The fourth-order valence-electron chi connectivity index (χ4n) is 0.302. The highest BCUT2D eigenvalue weighted by molar-refractivity contribution is 7.80. The molecule has 0 saturated heterocycles. The van der Waals surface area contributed by atoms with Crippen molar-refractivity contribution in [1.29, 1.82) is 0 Å². The van der Waals surface area contributed by atoms with Crippen molar-refractivity contribution < 1.29 is 17.9 Å². The van der Waals surface area contributed by atoms with E-state index < -0.39 is 18.9 Å². The molecule has 1 unspecified atom stereocenters. The molecule has 0 saturated carbocycles. The Morgan fingerprint density at radius 3 is 2.36 bits per heavy atom. The van der Waals surface area contributed by atoms with Crippen molar-refractivity contribution >= 4 is 17.2 Å². The van der Waals surface area contributed by atoms with Crippen molar-refractivity contribution in [2.45, 2.75) is 19.2 Å². The monoisotopic (exact) mass is 187 g/mol. The molecule has 0 heterocycles. The second-order valence-electron chi connectivity index (χ2n) is 1.97. The standard InChI is InChI=1S/C5H8F3NOS/c1-3(4(9)11)10-2-5(6,7)8/h3H,2H2,1H3,(H2,9,11). The van der Waals surface area contributed by atoms with Gasteiger partial charge in [-0.3, -0.25) is 0 Å². The Balaban J connectivity index is 3.63. The van der Waals surface area contributed by atoms with Crippen LogP contribution in [0.25, 0.3) is 0 Å². The molecule has 0 amide bonds. The predicted molar refractivity (Wildman–Crippen MR) is 38.3 cm³/mol.